The highest BCUT2D eigenvalue weighted by atomic mass is 19.1. The van der Waals surface area contributed by atoms with Crippen LogP contribution in [0.3, 0.4) is 0 Å². The SMILES string of the molecule is CCCn1ccnc1C(F)(CCCN)COC. The Morgan fingerprint density at radius 2 is 2.35 bits per heavy atom. The number of imidazole rings is 1. The molecule has 0 bridgehead atoms. The van der Waals surface area contributed by atoms with Gasteiger partial charge in [-0.25, -0.2) is 9.37 Å². The predicted octanol–water partition coefficient (Wildman–Crippen LogP) is 1.84. The molecule has 1 rings (SSSR count). The molecule has 0 radical (unpaired) electrons. The average Bonchev–Trinajstić information content (AvgIpc) is 2.76. The van der Waals surface area contributed by atoms with Gasteiger partial charge in [0.1, 0.15) is 5.82 Å². The van der Waals surface area contributed by atoms with Crippen LogP contribution in [0.2, 0.25) is 0 Å². The highest BCUT2D eigenvalue weighted by Gasteiger charge is 2.35. The van der Waals surface area contributed by atoms with E-state index in [1.165, 1.54) is 7.11 Å². The molecule has 0 amide bonds. The maximum absolute atomic E-state index is 14.9. The van der Waals surface area contributed by atoms with E-state index in [9.17, 15) is 4.39 Å². The first-order chi connectivity index (χ1) is 8.18. The van der Waals surface area contributed by atoms with E-state index >= 15 is 0 Å². The topological polar surface area (TPSA) is 53.1 Å². The number of halogens is 1. The van der Waals surface area contributed by atoms with Crippen molar-refractivity contribution in [3.05, 3.63) is 18.2 Å². The van der Waals surface area contributed by atoms with Crippen molar-refractivity contribution in [2.24, 2.45) is 5.73 Å². The van der Waals surface area contributed by atoms with Gasteiger partial charge in [-0.3, -0.25) is 0 Å². The number of ether oxygens (including phenoxy) is 1. The van der Waals surface area contributed by atoms with Gasteiger partial charge in [-0.1, -0.05) is 6.92 Å². The molecule has 0 aliphatic heterocycles. The minimum Gasteiger partial charge on any atom is -0.381 e. The number of aromatic nitrogens is 2. The zero-order chi connectivity index (χ0) is 12.7. The Morgan fingerprint density at radius 1 is 1.59 bits per heavy atom. The number of nitrogens with zero attached hydrogens (tertiary/aromatic N) is 2. The highest BCUT2D eigenvalue weighted by Crippen LogP contribution is 2.30. The number of hydrogen-bond acceptors (Lipinski definition) is 3. The van der Waals surface area contributed by atoms with Gasteiger partial charge in [0.25, 0.3) is 0 Å². The molecule has 1 aromatic heterocycles. The molecule has 1 aromatic rings. The molecular weight excluding hydrogens is 221 g/mol. The van der Waals surface area contributed by atoms with E-state index in [1.54, 1.807) is 6.20 Å². The minimum atomic E-state index is -1.53. The van der Waals surface area contributed by atoms with Gasteiger partial charge in [0, 0.05) is 26.0 Å². The van der Waals surface area contributed by atoms with E-state index < -0.39 is 5.67 Å². The molecule has 1 unspecified atom stereocenters. The summed E-state index contributed by atoms with van der Waals surface area (Å²) in [6.45, 7) is 3.32. The van der Waals surface area contributed by atoms with Crippen molar-refractivity contribution in [3.8, 4) is 0 Å². The molecule has 0 saturated carbocycles. The lowest BCUT2D eigenvalue weighted by Crippen LogP contribution is -2.31. The summed E-state index contributed by atoms with van der Waals surface area (Å²) in [6, 6.07) is 0. The van der Waals surface area contributed by atoms with Gasteiger partial charge in [0.2, 0.25) is 0 Å². The molecule has 0 spiro atoms. The van der Waals surface area contributed by atoms with Crippen LogP contribution in [0.4, 0.5) is 4.39 Å². The van der Waals surface area contributed by atoms with Crippen LogP contribution in [0.25, 0.3) is 0 Å². The molecular formula is C12H22FN3O. The smallest absolute Gasteiger partial charge is 0.191 e. The summed E-state index contributed by atoms with van der Waals surface area (Å²) in [5.74, 6) is 0.453. The maximum Gasteiger partial charge on any atom is 0.191 e. The highest BCUT2D eigenvalue weighted by molar-refractivity contribution is 5.06. The summed E-state index contributed by atoms with van der Waals surface area (Å²) in [6.07, 6.45) is 5.36. The molecule has 17 heavy (non-hydrogen) atoms. The number of methoxy groups -OCH3 is 1. The molecule has 98 valence electrons. The quantitative estimate of drug-likeness (QED) is 0.758. The average molecular weight is 243 g/mol. The second-order valence-electron chi connectivity index (χ2n) is 4.23. The third-order valence-electron chi connectivity index (χ3n) is 2.73. The molecule has 1 atom stereocenters. The maximum atomic E-state index is 14.9. The number of aryl methyl sites for hydroxylation is 1. The number of nitrogens with two attached hydrogens (primary N) is 1. The third-order valence-corrected chi connectivity index (χ3v) is 2.73. The van der Waals surface area contributed by atoms with Crippen LogP contribution in [0.5, 0.6) is 0 Å². The molecule has 1 heterocycles. The summed E-state index contributed by atoms with van der Waals surface area (Å²) < 4.78 is 21.7. The molecule has 0 aliphatic rings. The summed E-state index contributed by atoms with van der Waals surface area (Å²) in [4.78, 5) is 4.15. The van der Waals surface area contributed by atoms with E-state index in [4.69, 9.17) is 10.5 Å². The molecule has 2 N–H and O–H groups in total. The lowest BCUT2D eigenvalue weighted by Gasteiger charge is -2.24. The second kappa shape index (κ2) is 6.71. The third kappa shape index (κ3) is 3.51. The van der Waals surface area contributed by atoms with Crippen LogP contribution in [-0.4, -0.2) is 29.8 Å². The molecule has 5 heteroatoms. The second-order valence-corrected chi connectivity index (χ2v) is 4.23. The van der Waals surface area contributed by atoms with Gasteiger partial charge < -0.3 is 15.0 Å². The Morgan fingerprint density at radius 3 is 2.94 bits per heavy atom. The largest absolute Gasteiger partial charge is 0.381 e. The van der Waals surface area contributed by atoms with Crippen LogP contribution >= 0.6 is 0 Å². The summed E-state index contributed by atoms with van der Waals surface area (Å²) in [5, 5.41) is 0. The number of hydrogen-bond donors (Lipinski definition) is 1. The fourth-order valence-corrected chi connectivity index (χ4v) is 1.98. The standard InChI is InChI=1S/C12H22FN3O/c1-3-8-16-9-7-15-11(16)12(13,10-17-2)5-4-6-14/h7,9H,3-6,8,10,14H2,1-2H3. The zero-order valence-corrected chi connectivity index (χ0v) is 10.7. The first-order valence-electron chi connectivity index (χ1n) is 6.07. The predicted molar refractivity (Wildman–Crippen MR) is 65.5 cm³/mol. The van der Waals surface area contributed by atoms with Crippen molar-refractivity contribution in [1.29, 1.82) is 0 Å². The summed E-state index contributed by atoms with van der Waals surface area (Å²) in [7, 11) is 1.50. The van der Waals surface area contributed by atoms with Gasteiger partial charge in [0.05, 0.1) is 6.61 Å². The Bertz CT molecular complexity index is 329. The van der Waals surface area contributed by atoms with Crippen LogP contribution in [-0.2, 0) is 17.0 Å². The van der Waals surface area contributed by atoms with Crippen molar-refractivity contribution in [2.45, 2.75) is 38.4 Å². The first-order valence-corrected chi connectivity index (χ1v) is 6.07. The normalized spacial score (nSPS) is 14.8. The van der Waals surface area contributed by atoms with Gasteiger partial charge in [-0.2, -0.15) is 0 Å². The van der Waals surface area contributed by atoms with Crippen molar-refractivity contribution in [2.75, 3.05) is 20.3 Å². The lowest BCUT2D eigenvalue weighted by molar-refractivity contribution is 0.0210. The fraction of sp³-hybridized carbons (Fsp3) is 0.750. The van der Waals surface area contributed by atoms with Crippen molar-refractivity contribution >= 4 is 0 Å². The van der Waals surface area contributed by atoms with E-state index in [1.807, 2.05) is 10.8 Å². The summed E-state index contributed by atoms with van der Waals surface area (Å²) in [5.41, 5.74) is 3.91. The molecule has 0 fully saturated rings. The number of alkyl halides is 1. The minimum absolute atomic E-state index is 0.0216. The van der Waals surface area contributed by atoms with Crippen LogP contribution in [0, 0.1) is 0 Å². The molecule has 0 saturated heterocycles. The Balaban J connectivity index is 2.90. The first kappa shape index (κ1) is 14.1. The van der Waals surface area contributed by atoms with Crippen LogP contribution < -0.4 is 5.73 Å². The monoisotopic (exact) mass is 243 g/mol. The van der Waals surface area contributed by atoms with Crippen molar-refractivity contribution in [3.63, 3.8) is 0 Å². The number of rotatable bonds is 8. The molecule has 0 aliphatic carbocycles. The van der Waals surface area contributed by atoms with E-state index in [-0.39, 0.29) is 6.61 Å². The lowest BCUT2D eigenvalue weighted by atomic mass is 9.99. The fourth-order valence-electron chi connectivity index (χ4n) is 1.98. The van der Waals surface area contributed by atoms with Crippen LogP contribution in [0.15, 0.2) is 12.4 Å². The summed E-state index contributed by atoms with van der Waals surface area (Å²) >= 11 is 0. The van der Waals surface area contributed by atoms with Crippen molar-refractivity contribution in [1.82, 2.24) is 9.55 Å². The van der Waals surface area contributed by atoms with Crippen LogP contribution in [0.1, 0.15) is 32.0 Å². The van der Waals surface area contributed by atoms with Gasteiger partial charge >= 0.3 is 0 Å². The Kier molecular flexibility index (Phi) is 5.58. The Hall–Kier alpha value is -0.940. The Labute approximate surface area is 102 Å². The van der Waals surface area contributed by atoms with E-state index in [2.05, 4.69) is 11.9 Å². The van der Waals surface area contributed by atoms with Gasteiger partial charge in [-0.15, -0.1) is 0 Å². The molecule has 4 nitrogen and oxygen atoms in total. The zero-order valence-electron chi connectivity index (χ0n) is 10.7. The van der Waals surface area contributed by atoms with Crippen molar-refractivity contribution < 1.29 is 9.13 Å². The molecule has 0 aromatic carbocycles. The van der Waals surface area contributed by atoms with E-state index in [0.717, 1.165) is 13.0 Å². The van der Waals surface area contributed by atoms with Gasteiger partial charge in [-0.05, 0) is 25.8 Å². The van der Waals surface area contributed by atoms with Gasteiger partial charge in [0.15, 0.2) is 5.67 Å². The van der Waals surface area contributed by atoms with E-state index in [0.29, 0.717) is 25.2 Å².